The molecule has 1 aromatic rings. The van der Waals surface area contributed by atoms with Gasteiger partial charge in [0.25, 0.3) is 0 Å². The van der Waals surface area contributed by atoms with Crippen LogP contribution in [0.3, 0.4) is 0 Å². The van der Waals surface area contributed by atoms with Crippen molar-refractivity contribution in [3.63, 3.8) is 0 Å². The molecule has 0 aliphatic carbocycles. The predicted molar refractivity (Wildman–Crippen MR) is 113 cm³/mol. The summed E-state index contributed by atoms with van der Waals surface area (Å²) in [5.41, 5.74) is 6.50. The van der Waals surface area contributed by atoms with Gasteiger partial charge >= 0.3 is 12.0 Å². The Balaban J connectivity index is 0.00000300. The number of hydrogen-bond acceptors (Lipinski definition) is 4. The van der Waals surface area contributed by atoms with Crippen molar-refractivity contribution in [2.24, 2.45) is 11.8 Å². The van der Waals surface area contributed by atoms with Gasteiger partial charge in [-0.1, -0.05) is 37.8 Å². The summed E-state index contributed by atoms with van der Waals surface area (Å²) in [5, 5.41) is 11.4. The molecule has 3 rings (SSSR count). The lowest BCUT2D eigenvalue weighted by atomic mass is 9.77. The lowest BCUT2D eigenvalue weighted by Crippen LogP contribution is -2.45. The second-order valence-corrected chi connectivity index (χ2v) is 7.44. The molecule has 2 aliphatic rings. The first-order valence-corrected chi connectivity index (χ1v) is 10.0. The van der Waals surface area contributed by atoms with Crippen molar-refractivity contribution in [2.75, 3.05) is 11.9 Å². The molecule has 7 nitrogen and oxygen atoms in total. The van der Waals surface area contributed by atoms with E-state index in [1.165, 1.54) is 0 Å². The van der Waals surface area contributed by atoms with Crippen LogP contribution in [0.5, 0.6) is 0 Å². The van der Waals surface area contributed by atoms with Crippen molar-refractivity contribution in [1.29, 1.82) is 0 Å². The fraction of sp³-hybridized carbons (Fsp3) is 0.545. The highest BCUT2D eigenvalue weighted by Gasteiger charge is 2.47. The fourth-order valence-electron chi connectivity index (χ4n) is 4.16. The number of carboxylic acid groups (broad SMARTS) is 1. The van der Waals surface area contributed by atoms with Crippen LogP contribution in [0.2, 0.25) is 0 Å². The number of nitrogens with one attached hydrogen (secondary N) is 3. The summed E-state index contributed by atoms with van der Waals surface area (Å²) in [6.07, 6.45) is 9.54. The number of urea groups is 1. The number of rotatable bonds is 10. The van der Waals surface area contributed by atoms with Crippen molar-refractivity contribution in [1.82, 2.24) is 10.9 Å². The van der Waals surface area contributed by atoms with Gasteiger partial charge in [0, 0.05) is 24.6 Å². The topological polar surface area (TPSA) is 99.7 Å². The number of carboxylic acids is 1. The Hall–Kier alpha value is -2.38. The molecule has 4 unspecified atom stereocenters. The number of allylic oxidation sites excluding steroid dienone is 2. The first kappa shape index (κ1) is 22.9. The SMILES string of the molecule is C.O=C(O)CCC/C=C\CC1C2CCC(O2)C1CNNC(=O)Nc1ccccc1. The molecule has 1 aromatic carbocycles. The number of amides is 2. The molecule has 2 saturated heterocycles. The number of benzene rings is 1. The molecule has 0 saturated carbocycles. The molecule has 160 valence electrons. The summed E-state index contributed by atoms with van der Waals surface area (Å²) in [5.74, 6) is 0.0465. The summed E-state index contributed by atoms with van der Waals surface area (Å²) in [4.78, 5) is 22.5. The van der Waals surface area contributed by atoms with Gasteiger partial charge in [-0.15, -0.1) is 0 Å². The third-order valence-electron chi connectivity index (χ3n) is 5.50. The number of para-hydroxylation sites is 1. The molecule has 2 fully saturated rings. The molecule has 2 aliphatic heterocycles. The van der Waals surface area contributed by atoms with Gasteiger partial charge in [-0.2, -0.15) is 0 Å². The molecule has 0 spiro atoms. The van der Waals surface area contributed by atoms with Gasteiger partial charge < -0.3 is 15.2 Å². The van der Waals surface area contributed by atoms with Gasteiger partial charge in [0.15, 0.2) is 0 Å². The van der Waals surface area contributed by atoms with E-state index in [4.69, 9.17) is 9.84 Å². The second kappa shape index (κ2) is 11.6. The van der Waals surface area contributed by atoms with E-state index in [1.807, 2.05) is 30.3 Å². The molecule has 7 heteroatoms. The quantitative estimate of drug-likeness (QED) is 0.269. The van der Waals surface area contributed by atoms with E-state index in [0.29, 0.717) is 30.9 Å². The normalized spacial score (nSPS) is 25.0. The number of unbranched alkanes of at least 4 members (excludes halogenated alkanes) is 1. The van der Waals surface area contributed by atoms with Gasteiger partial charge in [0.1, 0.15) is 0 Å². The first-order chi connectivity index (χ1) is 13.6. The maximum absolute atomic E-state index is 12.0. The maximum Gasteiger partial charge on any atom is 0.333 e. The van der Waals surface area contributed by atoms with Crippen LogP contribution >= 0.6 is 0 Å². The van der Waals surface area contributed by atoms with Gasteiger partial charge in [-0.25, -0.2) is 10.2 Å². The number of carbonyl (C=O) groups excluding carboxylic acids is 1. The van der Waals surface area contributed by atoms with E-state index >= 15 is 0 Å². The highest BCUT2D eigenvalue weighted by molar-refractivity contribution is 5.88. The number of anilines is 1. The minimum atomic E-state index is -0.746. The maximum atomic E-state index is 12.0. The Morgan fingerprint density at radius 2 is 1.83 bits per heavy atom. The fourth-order valence-corrected chi connectivity index (χ4v) is 4.16. The standard InChI is InChI=1S/C21H29N3O4.CH4/c25-20(26)11-7-2-1-6-10-16-17(19-13-12-18(16)28-19)14-22-24-21(27)23-15-8-4-3-5-9-15;/h1,3-6,8-9,16-19,22H,2,7,10-14H2,(H,25,26)(H2,23,24,27);1H4/b6-1-;. The summed E-state index contributed by atoms with van der Waals surface area (Å²) >= 11 is 0. The average Bonchev–Trinajstić information content (AvgIpc) is 3.27. The van der Waals surface area contributed by atoms with Gasteiger partial charge in [-0.05, 0) is 50.2 Å². The average molecular weight is 404 g/mol. The zero-order valence-corrected chi connectivity index (χ0v) is 16.0. The Kier molecular flexibility index (Phi) is 9.15. The summed E-state index contributed by atoms with van der Waals surface area (Å²) in [6.45, 7) is 0.668. The highest BCUT2D eigenvalue weighted by atomic mass is 16.5. The number of hydrogen-bond donors (Lipinski definition) is 4. The number of fused-ring (bicyclic) bond motifs is 2. The van der Waals surface area contributed by atoms with E-state index in [0.717, 1.165) is 31.4 Å². The highest BCUT2D eigenvalue weighted by Crippen LogP contribution is 2.44. The van der Waals surface area contributed by atoms with Crippen LogP contribution in [0.4, 0.5) is 10.5 Å². The predicted octanol–water partition coefficient (Wildman–Crippen LogP) is 3.94. The first-order valence-electron chi connectivity index (χ1n) is 10.0. The van der Waals surface area contributed by atoms with Crippen LogP contribution in [-0.4, -0.2) is 35.9 Å². The minimum Gasteiger partial charge on any atom is -0.481 e. The van der Waals surface area contributed by atoms with E-state index in [9.17, 15) is 9.59 Å². The molecule has 0 radical (unpaired) electrons. The molecular weight excluding hydrogens is 370 g/mol. The van der Waals surface area contributed by atoms with E-state index in [-0.39, 0.29) is 26.0 Å². The molecule has 2 heterocycles. The number of aliphatic carboxylic acids is 1. The van der Waals surface area contributed by atoms with Crippen molar-refractivity contribution in [3.05, 3.63) is 42.5 Å². The van der Waals surface area contributed by atoms with E-state index in [1.54, 1.807) is 0 Å². The minimum absolute atomic E-state index is 0. The van der Waals surface area contributed by atoms with E-state index in [2.05, 4.69) is 28.3 Å². The zero-order valence-electron chi connectivity index (χ0n) is 16.0. The van der Waals surface area contributed by atoms with Crippen LogP contribution in [0.25, 0.3) is 0 Å². The largest absolute Gasteiger partial charge is 0.481 e. The summed E-state index contributed by atoms with van der Waals surface area (Å²) < 4.78 is 6.08. The molecular formula is C22H33N3O4. The van der Waals surface area contributed by atoms with Crippen molar-refractivity contribution >= 4 is 17.7 Å². The summed E-state index contributed by atoms with van der Waals surface area (Å²) in [6, 6.07) is 9.03. The molecule has 2 amide bonds. The third-order valence-corrected chi connectivity index (χ3v) is 5.50. The van der Waals surface area contributed by atoms with Gasteiger partial charge in [-0.3, -0.25) is 10.2 Å². The monoisotopic (exact) mass is 403 g/mol. The zero-order chi connectivity index (χ0) is 19.8. The van der Waals surface area contributed by atoms with Gasteiger partial charge in [0.2, 0.25) is 0 Å². The van der Waals surface area contributed by atoms with Crippen LogP contribution in [0.1, 0.15) is 46.0 Å². The van der Waals surface area contributed by atoms with Crippen molar-refractivity contribution in [3.8, 4) is 0 Å². The Morgan fingerprint density at radius 1 is 1.10 bits per heavy atom. The number of ether oxygens (including phenoxy) is 1. The number of carbonyl (C=O) groups is 2. The molecule has 4 atom stereocenters. The lowest BCUT2D eigenvalue weighted by molar-refractivity contribution is -0.137. The Bertz CT molecular complexity index is 680. The van der Waals surface area contributed by atoms with Crippen LogP contribution in [0.15, 0.2) is 42.5 Å². The Labute approximate surface area is 172 Å². The Morgan fingerprint density at radius 3 is 2.55 bits per heavy atom. The molecule has 2 bridgehead atoms. The number of hydrazine groups is 1. The third kappa shape index (κ3) is 6.87. The molecule has 4 N–H and O–H groups in total. The van der Waals surface area contributed by atoms with Gasteiger partial charge in [0.05, 0.1) is 12.2 Å². The van der Waals surface area contributed by atoms with Crippen LogP contribution in [0, 0.1) is 11.8 Å². The van der Waals surface area contributed by atoms with E-state index < -0.39 is 5.97 Å². The molecule has 0 aromatic heterocycles. The molecule has 29 heavy (non-hydrogen) atoms. The van der Waals surface area contributed by atoms with Crippen LogP contribution in [-0.2, 0) is 9.53 Å². The van der Waals surface area contributed by atoms with Crippen LogP contribution < -0.4 is 16.2 Å². The van der Waals surface area contributed by atoms with Crippen molar-refractivity contribution in [2.45, 2.75) is 58.2 Å². The lowest BCUT2D eigenvalue weighted by Gasteiger charge is -2.27. The summed E-state index contributed by atoms with van der Waals surface area (Å²) in [7, 11) is 0. The van der Waals surface area contributed by atoms with Crippen molar-refractivity contribution < 1.29 is 19.4 Å². The smallest absolute Gasteiger partial charge is 0.333 e. The second-order valence-electron chi connectivity index (χ2n) is 7.44.